The Hall–Kier alpha value is -0.240. The van der Waals surface area contributed by atoms with Gasteiger partial charge in [-0.05, 0) is 0 Å². The van der Waals surface area contributed by atoms with Crippen molar-refractivity contribution < 1.29 is 24.4 Å². The molecule has 1 atom stereocenters. The normalized spacial score (nSPS) is 15.7. The first-order chi connectivity index (χ1) is 6.12. The van der Waals surface area contributed by atoms with Gasteiger partial charge in [0.2, 0.25) is 5.91 Å². The second kappa shape index (κ2) is 7.19. The summed E-state index contributed by atoms with van der Waals surface area (Å²) in [6.45, 7) is 0.786. The van der Waals surface area contributed by atoms with E-state index in [-0.39, 0.29) is 19.8 Å². The van der Waals surface area contributed by atoms with E-state index in [1.54, 1.807) is 0 Å². The summed E-state index contributed by atoms with van der Waals surface area (Å²) in [7, 11) is 1.28. The molecule has 0 radical (unpaired) electrons. The number of aliphatic hydroxyl groups is 2. The van der Waals surface area contributed by atoms with Crippen molar-refractivity contribution >= 4 is 0 Å². The molecule has 1 unspecified atom stereocenters. The van der Waals surface area contributed by atoms with Crippen LogP contribution in [0.25, 0.3) is 0 Å². The molecule has 0 fully saturated rings. The average molecular weight is 195 g/mol. The molecule has 0 amide bonds. The van der Waals surface area contributed by atoms with Crippen molar-refractivity contribution in [1.82, 2.24) is 0 Å². The van der Waals surface area contributed by atoms with Gasteiger partial charge in [-0.1, -0.05) is 0 Å². The maximum absolute atomic E-state index is 9.08. The molecule has 0 spiro atoms. The topological polar surface area (TPSA) is 94.2 Å². The third-order valence-corrected chi connectivity index (χ3v) is 1.27. The van der Waals surface area contributed by atoms with Crippen LogP contribution in [-0.4, -0.2) is 56.3 Å². The molecule has 4 N–H and O–H groups in total. The summed E-state index contributed by atoms with van der Waals surface area (Å²) in [5, 5.41) is 17.4. The van der Waals surface area contributed by atoms with Gasteiger partial charge in [0, 0.05) is 7.11 Å². The SMILES string of the molecule is COC(N)(O)COCCOCCO. The van der Waals surface area contributed by atoms with E-state index in [2.05, 4.69) is 4.74 Å². The minimum absolute atomic E-state index is 0.0150. The summed E-state index contributed by atoms with van der Waals surface area (Å²) in [5.74, 6) is -1.74. The molecule has 0 aliphatic carbocycles. The molecular weight excluding hydrogens is 178 g/mol. The van der Waals surface area contributed by atoms with E-state index >= 15 is 0 Å². The van der Waals surface area contributed by atoms with Crippen LogP contribution in [0.4, 0.5) is 0 Å². The molecule has 0 aromatic rings. The molecule has 0 aromatic heterocycles. The Morgan fingerprint density at radius 2 is 1.85 bits per heavy atom. The third-order valence-electron chi connectivity index (χ3n) is 1.27. The molecule has 0 saturated carbocycles. The van der Waals surface area contributed by atoms with Crippen molar-refractivity contribution in [2.45, 2.75) is 5.91 Å². The lowest BCUT2D eigenvalue weighted by Gasteiger charge is -2.20. The number of aliphatic hydroxyl groups excluding tert-OH is 1. The smallest absolute Gasteiger partial charge is 0.246 e. The molecule has 0 bridgehead atoms. The molecule has 13 heavy (non-hydrogen) atoms. The molecule has 0 aliphatic rings. The first-order valence-corrected chi connectivity index (χ1v) is 3.95. The van der Waals surface area contributed by atoms with Gasteiger partial charge in [0.1, 0.15) is 6.61 Å². The molecule has 0 heterocycles. The highest BCUT2D eigenvalue weighted by Gasteiger charge is 2.19. The molecule has 0 aromatic carbocycles. The van der Waals surface area contributed by atoms with Crippen LogP contribution in [0, 0.1) is 0 Å². The van der Waals surface area contributed by atoms with E-state index in [4.69, 9.17) is 25.4 Å². The Kier molecular flexibility index (Phi) is 7.06. The van der Waals surface area contributed by atoms with Crippen LogP contribution in [-0.2, 0) is 14.2 Å². The number of hydrogen-bond donors (Lipinski definition) is 3. The molecule has 0 aliphatic heterocycles. The Labute approximate surface area is 77.2 Å². The lowest BCUT2D eigenvalue weighted by atomic mass is 10.5. The highest BCUT2D eigenvalue weighted by molar-refractivity contribution is 4.53. The van der Waals surface area contributed by atoms with Crippen LogP contribution in [0.1, 0.15) is 0 Å². The summed E-state index contributed by atoms with van der Waals surface area (Å²) in [4.78, 5) is 0. The summed E-state index contributed by atoms with van der Waals surface area (Å²) in [6.07, 6.45) is 0. The minimum atomic E-state index is -1.74. The number of methoxy groups -OCH3 is 1. The van der Waals surface area contributed by atoms with Crippen LogP contribution >= 0.6 is 0 Å². The lowest BCUT2D eigenvalue weighted by molar-refractivity contribution is -0.214. The van der Waals surface area contributed by atoms with Crippen molar-refractivity contribution in [3.63, 3.8) is 0 Å². The zero-order valence-corrected chi connectivity index (χ0v) is 7.73. The highest BCUT2D eigenvalue weighted by atomic mass is 16.7. The van der Waals surface area contributed by atoms with E-state index in [0.717, 1.165) is 0 Å². The van der Waals surface area contributed by atoms with Crippen molar-refractivity contribution in [3.8, 4) is 0 Å². The van der Waals surface area contributed by atoms with Gasteiger partial charge < -0.3 is 24.4 Å². The van der Waals surface area contributed by atoms with Crippen LogP contribution in [0.15, 0.2) is 0 Å². The van der Waals surface area contributed by atoms with Crippen LogP contribution < -0.4 is 5.73 Å². The fourth-order valence-electron chi connectivity index (χ4n) is 0.562. The van der Waals surface area contributed by atoms with Crippen LogP contribution in [0.3, 0.4) is 0 Å². The predicted molar refractivity (Wildman–Crippen MR) is 44.9 cm³/mol. The van der Waals surface area contributed by atoms with Gasteiger partial charge in [0.05, 0.1) is 26.4 Å². The van der Waals surface area contributed by atoms with E-state index in [9.17, 15) is 0 Å². The number of rotatable bonds is 8. The Balaban J connectivity index is 3.16. The Morgan fingerprint density at radius 3 is 2.38 bits per heavy atom. The molecule has 0 saturated heterocycles. The maximum atomic E-state index is 9.08. The monoisotopic (exact) mass is 195 g/mol. The van der Waals surface area contributed by atoms with E-state index in [1.807, 2.05) is 0 Å². The van der Waals surface area contributed by atoms with Gasteiger partial charge >= 0.3 is 0 Å². The predicted octanol–water partition coefficient (Wildman–Crippen LogP) is -1.74. The van der Waals surface area contributed by atoms with Gasteiger partial charge in [-0.2, -0.15) is 0 Å². The summed E-state index contributed by atoms with van der Waals surface area (Å²) >= 11 is 0. The number of ether oxygens (including phenoxy) is 3. The van der Waals surface area contributed by atoms with Crippen LogP contribution in [0.2, 0.25) is 0 Å². The number of nitrogens with two attached hydrogens (primary N) is 1. The van der Waals surface area contributed by atoms with Gasteiger partial charge in [0.25, 0.3) is 0 Å². The third kappa shape index (κ3) is 8.10. The highest BCUT2D eigenvalue weighted by Crippen LogP contribution is 1.95. The van der Waals surface area contributed by atoms with Crippen molar-refractivity contribution in [1.29, 1.82) is 0 Å². The minimum Gasteiger partial charge on any atom is -0.394 e. The second-order valence-corrected chi connectivity index (χ2v) is 2.44. The first-order valence-electron chi connectivity index (χ1n) is 3.95. The van der Waals surface area contributed by atoms with Gasteiger partial charge in [-0.3, -0.25) is 5.73 Å². The first kappa shape index (κ1) is 12.8. The second-order valence-electron chi connectivity index (χ2n) is 2.44. The molecule has 80 valence electrons. The average Bonchev–Trinajstić information content (AvgIpc) is 2.11. The summed E-state index contributed by atoms with van der Waals surface area (Å²) < 4.78 is 14.3. The molecule has 6 heteroatoms. The van der Waals surface area contributed by atoms with Crippen molar-refractivity contribution in [2.75, 3.05) is 40.1 Å². The zero-order valence-electron chi connectivity index (χ0n) is 7.73. The largest absolute Gasteiger partial charge is 0.394 e. The summed E-state index contributed by atoms with van der Waals surface area (Å²) in [6, 6.07) is 0. The number of hydrogen-bond acceptors (Lipinski definition) is 6. The Morgan fingerprint density at radius 1 is 1.23 bits per heavy atom. The quantitative estimate of drug-likeness (QED) is 0.314. The van der Waals surface area contributed by atoms with Gasteiger partial charge in [0.15, 0.2) is 0 Å². The van der Waals surface area contributed by atoms with E-state index < -0.39 is 5.91 Å². The summed E-state index contributed by atoms with van der Waals surface area (Å²) in [5.41, 5.74) is 5.18. The molecule has 0 rings (SSSR count). The van der Waals surface area contributed by atoms with Crippen molar-refractivity contribution in [2.24, 2.45) is 5.73 Å². The van der Waals surface area contributed by atoms with Crippen molar-refractivity contribution in [3.05, 3.63) is 0 Å². The van der Waals surface area contributed by atoms with E-state index in [0.29, 0.717) is 13.2 Å². The van der Waals surface area contributed by atoms with Gasteiger partial charge in [-0.15, -0.1) is 0 Å². The zero-order chi connectivity index (χ0) is 10.2. The standard InChI is InChI=1S/C7H17NO5/c1-11-7(8,10)6-13-5-4-12-3-2-9/h9-10H,2-6,8H2,1H3. The fourth-order valence-corrected chi connectivity index (χ4v) is 0.562. The Bertz CT molecular complexity index is 119. The lowest BCUT2D eigenvalue weighted by Crippen LogP contribution is -2.46. The van der Waals surface area contributed by atoms with Gasteiger partial charge in [-0.25, -0.2) is 0 Å². The fraction of sp³-hybridized carbons (Fsp3) is 1.00. The molecule has 6 nitrogen and oxygen atoms in total. The maximum Gasteiger partial charge on any atom is 0.246 e. The van der Waals surface area contributed by atoms with Crippen LogP contribution in [0.5, 0.6) is 0 Å². The van der Waals surface area contributed by atoms with E-state index in [1.165, 1.54) is 7.11 Å². The molecular formula is C7H17NO5.